The number of nitrogen functional groups attached to an aromatic ring is 1. The zero-order valence-electron chi connectivity index (χ0n) is 11.3. The number of benzene rings is 2. The van der Waals surface area contributed by atoms with Crippen LogP contribution in [0.3, 0.4) is 0 Å². The van der Waals surface area contributed by atoms with Gasteiger partial charge in [0.05, 0.1) is 15.7 Å². The second-order valence-corrected chi connectivity index (χ2v) is 5.54. The average molecular weight is 353 g/mol. The van der Waals surface area contributed by atoms with Gasteiger partial charge in [0.25, 0.3) is 0 Å². The molecule has 6 heteroatoms. The number of anilines is 2. The van der Waals surface area contributed by atoms with Crippen LogP contribution < -0.4 is 10.6 Å². The van der Waals surface area contributed by atoms with Crippen LogP contribution in [0.15, 0.2) is 40.9 Å². The quantitative estimate of drug-likeness (QED) is 0.826. The molecular weight excluding hydrogens is 339 g/mol. The lowest BCUT2D eigenvalue weighted by Crippen LogP contribution is -2.19. The normalized spacial score (nSPS) is 10.4. The highest BCUT2D eigenvalue weighted by Gasteiger charge is 2.14. The molecule has 0 heterocycles. The van der Waals surface area contributed by atoms with Crippen molar-refractivity contribution in [3.63, 3.8) is 0 Å². The maximum Gasteiger partial charge on any atom is 0.337 e. The van der Waals surface area contributed by atoms with Gasteiger partial charge >= 0.3 is 5.97 Å². The Labute approximate surface area is 130 Å². The number of carbonyl (C=O) groups is 1. The molecule has 2 rings (SSSR count). The van der Waals surface area contributed by atoms with Gasteiger partial charge in [0, 0.05) is 19.3 Å². The predicted molar refractivity (Wildman–Crippen MR) is 84.0 cm³/mol. The van der Waals surface area contributed by atoms with Crippen LogP contribution in [-0.2, 0) is 6.54 Å². The number of nitrogens with zero attached hydrogens (tertiary/aromatic N) is 1. The van der Waals surface area contributed by atoms with Crippen molar-refractivity contribution in [3.8, 4) is 0 Å². The molecule has 0 unspecified atom stereocenters. The molecule has 0 aliphatic heterocycles. The third-order valence-electron chi connectivity index (χ3n) is 3.07. The van der Waals surface area contributed by atoms with Crippen molar-refractivity contribution in [1.82, 2.24) is 0 Å². The van der Waals surface area contributed by atoms with E-state index in [1.807, 2.05) is 0 Å². The van der Waals surface area contributed by atoms with Crippen LogP contribution in [0.2, 0.25) is 0 Å². The first-order valence-electron chi connectivity index (χ1n) is 6.16. The average Bonchev–Trinajstić information content (AvgIpc) is 2.42. The van der Waals surface area contributed by atoms with Gasteiger partial charge in [-0.1, -0.05) is 6.07 Å². The molecule has 4 nitrogen and oxygen atoms in total. The minimum Gasteiger partial charge on any atom is -0.478 e. The summed E-state index contributed by atoms with van der Waals surface area (Å²) in [4.78, 5) is 13.1. The van der Waals surface area contributed by atoms with Gasteiger partial charge < -0.3 is 15.7 Å². The molecule has 2 aromatic carbocycles. The molecule has 0 fully saturated rings. The van der Waals surface area contributed by atoms with Crippen molar-refractivity contribution in [2.45, 2.75) is 6.54 Å². The molecule has 0 aliphatic carbocycles. The summed E-state index contributed by atoms with van der Waals surface area (Å²) < 4.78 is 13.6. The molecule has 0 atom stereocenters. The zero-order valence-corrected chi connectivity index (χ0v) is 12.9. The Balaban J connectivity index is 2.29. The summed E-state index contributed by atoms with van der Waals surface area (Å²) in [5.74, 6) is -1.37. The van der Waals surface area contributed by atoms with Crippen LogP contribution in [0.4, 0.5) is 15.8 Å². The first-order chi connectivity index (χ1) is 9.88. The first kappa shape index (κ1) is 15.3. The van der Waals surface area contributed by atoms with Crippen molar-refractivity contribution in [2.24, 2.45) is 0 Å². The highest BCUT2D eigenvalue weighted by molar-refractivity contribution is 9.10. The molecular formula is C15H14BrFN2O2. The SMILES string of the molecule is CN(Cc1ccc(F)c(Br)c1)c1ccc(N)cc1C(=O)O. The number of hydrogen-bond acceptors (Lipinski definition) is 3. The highest BCUT2D eigenvalue weighted by atomic mass is 79.9. The fourth-order valence-electron chi connectivity index (χ4n) is 2.05. The summed E-state index contributed by atoms with van der Waals surface area (Å²) in [6.07, 6.45) is 0. The summed E-state index contributed by atoms with van der Waals surface area (Å²) >= 11 is 3.14. The Morgan fingerprint density at radius 1 is 1.33 bits per heavy atom. The van der Waals surface area contributed by atoms with Crippen molar-refractivity contribution in [3.05, 3.63) is 57.8 Å². The number of hydrogen-bond donors (Lipinski definition) is 2. The molecule has 0 radical (unpaired) electrons. The second kappa shape index (κ2) is 6.13. The molecule has 2 aromatic rings. The predicted octanol–water partition coefficient (Wildman–Crippen LogP) is 3.51. The van der Waals surface area contributed by atoms with Gasteiger partial charge in [-0.15, -0.1) is 0 Å². The van der Waals surface area contributed by atoms with Crippen LogP contribution in [-0.4, -0.2) is 18.1 Å². The summed E-state index contributed by atoms with van der Waals surface area (Å²) in [5.41, 5.74) is 7.57. The van der Waals surface area contributed by atoms with Crippen LogP contribution in [0, 0.1) is 5.82 Å². The Hall–Kier alpha value is -2.08. The van der Waals surface area contributed by atoms with E-state index in [2.05, 4.69) is 15.9 Å². The third-order valence-corrected chi connectivity index (χ3v) is 3.67. The second-order valence-electron chi connectivity index (χ2n) is 4.69. The number of rotatable bonds is 4. The van der Waals surface area contributed by atoms with Crippen molar-refractivity contribution < 1.29 is 14.3 Å². The number of aromatic carboxylic acids is 1. The summed E-state index contributed by atoms with van der Waals surface area (Å²) in [5, 5.41) is 9.25. The monoisotopic (exact) mass is 352 g/mol. The Morgan fingerprint density at radius 3 is 2.67 bits per heavy atom. The smallest absolute Gasteiger partial charge is 0.337 e. The van der Waals surface area contributed by atoms with Crippen molar-refractivity contribution in [2.75, 3.05) is 17.7 Å². The summed E-state index contributed by atoms with van der Waals surface area (Å²) in [7, 11) is 1.77. The topological polar surface area (TPSA) is 66.6 Å². The number of carboxylic acid groups (broad SMARTS) is 1. The van der Waals surface area contributed by atoms with Crippen LogP contribution in [0.5, 0.6) is 0 Å². The van der Waals surface area contributed by atoms with Gasteiger partial charge in [0.2, 0.25) is 0 Å². The molecule has 3 N–H and O–H groups in total. The van der Waals surface area contributed by atoms with Gasteiger partial charge in [-0.3, -0.25) is 0 Å². The van der Waals surface area contributed by atoms with E-state index < -0.39 is 5.97 Å². The van der Waals surface area contributed by atoms with E-state index in [1.54, 1.807) is 36.2 Å². The minimum absolute atomic E-state index is 0.138. The van der Waals surface area contributed by atoms with Gasteiger partial charge in [0.1, 0.15) is 5.82 Å². The number of nitrogens with two attached hydrogens (primary N) is 1. The maximum atomic E-state index is 13.2. The molecule has 0 amide bonds. The molecule has 0 saturated heterocycles. The van der Waals surface area contributed by atoms with Gasteiger partial charge in [-0.25, -0.2) is 9.18 Å². The molecule has 0 bridgehead atoms. The summed E-state index contributed by atoms with van der Waals surface area (Å²) in [6.45, 7) is 0.447. The van der Waals surface area contributed by atoms with Gasteiger partial charge in [-0.05, 0) is 51.8 Å². The van der Waals surface area contributed by atoms with Crippen LogP contribution in [0.1, 0.15) is 15.9 Å². The highest BCUT2D eigenvalue weighted by Crippen LogP contribution is 2.25. The zero-order chi connectivity index (χ0) is 15.6. The number of carboxylic acids is 1. The van der Waals surface area contributed by atoms with Crippen molar-refractivity contribution in [1.29, 1.82) is 0 Å². The van der Waals surface area contributed by atoms with Gasteiger partial charge in [-0.2, -0.15) is 0 Å². The molecule has 0 saturated carbocycles. The third kappa shape index (κ3) is 3.52. The minimum atomic E-state index is -1.04. The van der Waals surface area contributed by atoms with Gasteiger partial charge in [0.15, 0.2) is 0 Å². The molecule has 0 aliphatic rings. The fourth-order valence-corrected chi connectivity index (χ4v) is 2.48. The molecule has 0 aromatic heterocycles. The Bertz CT molecular complexity index is 691. The van der Waals surface area contributed by atoms with E-state index in [1.165, 1.54) is 12.1 Å². The van der Waals surface area contributed by atoms with Crippen molar-refractivity contribution >= 4 is 33.3 Å². The lowest BCUT2D eigenvalue weighted by atomic mass is 10.1. The Morgan fingerprint density at radius 2 is 2.05 bits per heavy atom. The van der Waals surface area contributed by atoms with E-state index in [9.17, 15) is 14.3 Å². The maximum absolute atomic E-state index is 13.2. The largest absolute Gasteiger partial charge is 0.478 e. The Kier molecular flexibility index (Phi) is 4.47. The van der Waals surface area contributed by atoms with Crippen LogP contribution >= 0.6 is 15.9 Å². The molecule has 110 valence electrons. The van der Waals surface area contributed by atoms with E-state index in [-0.39, 0.29) is 11.4 Å². The summed E-state index contributed by atoms with van der Waals surface area (Å²) in [6, 6.07) is 9.44. The lowest BCUT2D eigenvalue weighted by Gasteiger charge is -2.21. The standard InChI is InChI=1S/C15H14BrFN2O2/c1-19(8-9-2-4-13(17)12(16)6-9)14-5-3-10(18)7-11(14)15(20)21/h2-7H,8,18H2,1H3,(H,20,21). The van der Waals surface area contributed by atoms with E-state index in [0.29, 0.717) is 22.4 Å². The lowest BCUT2D eigenvalue weighted by molar-refractivity contribution is 0.0697. The van der Waals surface area contributed by atoms with Crippen LogP contribution in [0.25, 0.3) is 0 Å². The van der Waals surface area contributed by atoms with E-state index in [0.717, 1.165) is 5.56 Å². The van der Waals surface area contributed by atoms with E-state index in [4.69, 9.17) is 5.73 Å². The molecule has 0 spiro atoms. The number of halogens is 2. The fraction of sp³-hybridized carbons (Fsp3) is 0.133. The first-order valence-corrected chi connectivity index (χ1v) is 6.95. The molecule has 21 heavy (non-hydrogen) atoms. The van der Waals surface area contributed by atoms with E-state index >= 15 is 0 Å².